The molecule has 5 heteroatoms. The molecule has 0 spiro atoms. The fraction of sp³-hybridized carbons (Fsp3) is 0.0714. The first kappa shape index (κ1) is 13.0. The summed E-state index contributed by atoms with van der Waals surface area (Å²) in [5, 5.41) is 10.0. The summed E-state index contributed by atoms with van der Waals surface area (Å²) in [5.74, 6) is 4.55. The van der Waals surface area contributed by atoms with Crippen molar-refractivity contribution in [1.82, 2.24) is 0 Å². The maximum atomic E-state index is 13.0. The zero-order valence-electron chi connectivity index (χ0n) is 9.98. The third kappa shape index (κ3) is 3.27. The topological polar surface area (TPSA) is 53.0 Å². The predicted octanol–water partition coefficient (Wildman–Crippen LogP) is 2.72. The highest BCUT2D eigenvalue weighted by Gasteiger charge is 2.06. The van der Waals surface area contributed by atoms with Crippen molar-refractivity contribution in [2.45, 2.75) is 6.54 Å². The number of nitriles is 1. The minimum absolute atomic E-state index is 0.167. The minimum atomic E-state index is -0.636. The Labute approximate surface area is 109 Å². The summed E-state index contributed by atoms with van der Waals surface area (Å²) in [6.07, 6.45) is 0. The van der Waals surface area contributed by atoms with E-state index in [0.717, 1.165) is 6.07 Å². The summed E-state index contributed by atoms with van der Waals surface area (Å²) in [6.45, 7) is 0.167. The van der Waals surface area contributed by atoms with Crippen molar-refractivity contribution >= 4 is 5.69 Å². The number of halogens is 2. The average molecular weight is 259 g/mol. The highest BCUT2D eigenvalue weighted by atomic mass is 19.1. The number of nitrogens with zero attached hydrogens (tertiary/aromatic N) is 2. The molecule has 0 aliphatic rings. The van der Waals surface area contributed by atoms with Gasteiger partial charge in [0, 0.05) is 6.07 Å². The van der Waals surface area contributed by atoms with E-state index in [2.05, 4.69) is 0 Å². The molecule has 19 heavy (non-hydrogen) atoms. The standard InChI is InChI=1S/C14H11F2N3/c15-12-5-11(6-13(16)7-12)9-19(18)14-3-1-10(8-17)2-4-14/h1-7H,9,18H2. The van der Waals surface area contributed by atoms with E-state index in [4.69, 9.17) is 11.1 Å². The van der Waals surface area contributed by atoms with Crippen molar-refractivity contribution in [1.29, 1.82) is 5.26 Å². The first-order valence-corrected chi connectivity index (χ1v) is 5.56. The molecular weight excluding hydrogens is 248 g/mol. The largest absolute Gasteiger partial charge is 0.307 e. The van der Waals surface area contributed by atoms with Crippen molar-refractivity contribution in [3.05, 3.63) is 65.2 Å². The average Bonchev–Trinajstić information content (AvgIpc) is 2.37. The zero-order valence-corrected chi connectivity index (χ0v) is 9.98. The van der Waals surface area contributed by atoms with Gasteiger partial charge in [-0.1, -0.05) is 0 Å². The SMILES string of the molecule is N#Cc1ccc(N(N)Cc2cc(F)cc(F)c2)cc1. The highest BCUT2D eigenvalue weighted by Crippen LogP contribution is 2.16. The van der Waals surface area contributed by atoms with Crippen LogP contribution in [0.5, 0.6) is 0 Å². The molecule has 2 rings (SSSR count). The highest BCUT2D eigenvalue weighted by molar-refractivity contribution is 5.48. The van der Waals surface area contributed by atoms with E-state index >= 15 is 0 Å². The lowest BCUT2D eigenvalue weighted by Gasteiger charge is -2.18. The molecule has 0 aliphatic carbocycles. The van der Waals surface area contributed by atoms with E-state index in [0.29, 0.717) is 16.8 Å². The van der Waals surface area contributed by atoms with E-state index in [1.54, 1.807) is 24.3 Å². The number of anilines is 1. The number of rotatable bonds is 3. The number of hydrogen-bond donors (Lipinski definition) is 1. The Morgan fingerprint density at radius 2 is 1.63 bits per heavy atom. The summed E-state index contributed by atoms with van der Waals surface area (Å²) in [5.41, 5.74) is 1.61. The van der Waals surface area contributed by atoms with E-state index in [1.165, 1.54) is 17.1 Å². The second-order valence-electron chi connectivity index (χ2n) is 4.06. The molecule has 0 aromatic heterocycles. The molecule has 96 valence electrons. The molecule has 0 amide bonds. The van der Waals surface area contributed by atoms with Crippen molar-refractivity contribution in [2.75, 3.05) is 5.01 Å². The normalized spacial score (nSPS) is 10.0. The molecule has 0 fully saturated rings. The van der Waals surface area contributed by atoms with Crippen LogP contribution in [0, 0.1) is 23.0 Å². The molecule has 0 atom stereocenters. The Hall–Kier alpha value is -2.45. The van der Waals surface area contributed by atoms with Crippen molar-refractivity contribution in [2.24, 2.45) is 5.84 Å². The quantitative estimate of drug-likeness (QED) is 0.681. The van der Waals surface area contributed by atoms with Gasteiger partial charge >= 0.3 is 0 Å². The van der Waals surface area contributed by atoms with Crippen molar-refractivity contribution in [3.8, 4) is 6.07 Å². The van der Waals surface area contributed by atoms with Gasteiger partial charge in [-0.2, -0.15) is 5.26 Å². The number of hydrazine groups is 1. The van der Waals surface area contributed by atoms with Gasteiger partial charge in [0.05, 0.1) is 23.9 Å². The van der Waals surface area contributed by atoms with Crippen LogP contribution in [0.15, 0.2) is 42.5 Å². The Morgan fingerprint density at radius 1 is 1.05 bits per heavy atom. The van der Waals surface area contributed by atoms with Gasteiger partial charge in [-0.05, 0) is 42.0 Å². The minimum Gasteiger partial charge on any atom is -0.307 e. The Morgan fingerprint density at radius 3 is 2.16 bits per heavy atom. The lowest BCUT2D eigenvalue weighted by atomic mass is 10.2. The molecule has 2 aromatic carbocycles. The maximum Gasteiger partial charge on any atom is 0.126 e. The van der Waals surface area contributed by atoms with Crippen molar-refractivity contribution in [3.63, 3.8) is 0 Å². The molecule has 0 radical (unpaired) electrons. The third-order valence-corrected chi connectivity index (χ3v) is 2.60. The molecule has 0 saturated carbocycles. The van der Waals surface area contributed by atoms with Crippen LogP contribution in [0.25, 0.3) is 0 Å². The van der Waals surface area contributed by atoms with Gasteiger partial charge in [0.1, 0.15) is 11.6 Å². The van der Waals surface area contributed by atoms with Gasteiger partial charge in [-0.15, -0.1) is 0 Å². The van der Waals surface area contributed by atoms with Crippen LogP contribution in [0.1, 0.15) is 11.1 Å². The van der Waals surface area contributed by atoms with Crippen LogP contribution in [0.3, 0.4) is 0 Å². The molecule has 2 N–H and O–H groups in total. The first-order chi connectivity index (χ1) is 9.08. The van der Waals surface area contributed by atoms with Gasteiger partial charge in [0.2, 0.25) is 0 Å². The summed E-state index contributed by atoms with van der Waals surface area (Å²) >= 11 is 0. The second-order valence-corrected chi connectivity index (χ2v) is 4.06. The van der Waals surface area contributed by atoms with Crippen LogP contribution in [-0.4, -0.2) is 0 Å². The lowest BCUT2D eigenvalue weighted by molar-refractivity contribution is 0.579. The molecule has 0 saturated heterocycles. The molecule has 2 aromatic rings. The first-order valence-electron chi connectivity index (χ1n) is 5.56. The monoisotopic (exact) mass is 259 g/mol. The third-order valence-electron chi connectivity index (χ3n) is 2.60. The molecule has 0 heterocycles. The Kier molecular flexibility index (Phi) is 3.74. The van der Waals surface area contributed by atoms with Gasteiger partial charge in [-0.25, -0.2) is 14.6 Å². The van der Waals surface area contributed by atoms with Gasteiger partial charge in [0.25, 0.3) is 0 Å². The maximum absolute atomic E-state index is 13.0. The van der Waals surface area contributed by atoms with E-state index in [9.17, 15) is 8.78 Å². The summed E-state index contributed by atoms with van der Waals surface area (Å²) in [6, 6.07) is 11.9. The molecule has 0 aliphatic heterocycles. The molecule has 0 unspecified atom stereocenters. The molecule has 3 nitrogen and oxygen atoms in total. The van der Waals surface area contributed by atoms with Crippen LogP contribution in [0.4, 0.5) is 14.5 Å². The Bertz CT molecular complexity index is 597. The van der Waals surface area contributed by atoms with Crippen LogP contribution in [-0.2, 0) is 6.54 Å². The van der Waals surface area contributed by atoms with Crippen molar-refractivity contribution < 1.29 is 8.78 Å². The molecular formula is C14H11F2N3. The smallest absolute Gasteiger partial charge is 0.126 e. The van der Waals surface area contributed by atoms with Crippen LogP contribution >= 0.6 is 0 Å². The lowest BCUT2D eigenvalue weighted by Crippen LogP contribution is -2.30. The summed E-state index contributed by atoms with van der Waals surface area (Å²) in [4.78, 5) is 0. The summed E-state index contributed by atoms with van der Waals surface area (Å²) < 4.78 is 26.1. The summed E-state index contributed by atoms with van der Waals surface area (Å²) in [7, 11) is 0. The fourth-order valence-corrected chi connectivity index (χ4v) is 1.72. The number of nitrogens with two attached hydrogens (primary N) is 1. The van der Waals surface area contributed by atoms with E-state index in [1.807, 2.05) is 6.07 Å². The zero-order chi connectivity index (χ0) is 13.8. The van der Waals surface area contributed by atoms with Crippen LogP contribution in [0.2, 0.25) is 0 Å². The number of hydrogen-bond acceptors (Lipinski definition) is 3. The number of benzene rings is 2. The van der Waals surface area contributed by atoms with E-state index in [-0.39, 0.29) is 6.54 Å². The van der Waals surface area contributed by atoms with Gasteiger partial charge in [-0.3, -0.25) is 0 Å². The van der Waals surface area contributed by atoms with Gasteiger partial charge < -0.3 is 5.01 Å². The Balaban J connectivity index is 2.15. The second kappa shape index (κ2) is 5.46. The predicted molar refractivity (Wildman–Crippen MR) is 67.9 cm³/mol. The van der Waals surface area contributed by atoms with Crippen LogP contribution < -0.4 is 10.9 Å². The molecule has 0 bridgehead atoms. The van der Waals surface area contributed by atoms with Gasteiger partial charge in [0.15, 0.2) is 0 Å². The fourth-order valence-electron chi connectivity index (χ4n) is 1.72. The van der Waals surface area contributed by atoms with E-state index < -0.39 is 11.6 Å².